The highest BCUT2D eigenvalue weighted by Gasteiger charge is 2.20. The van der Waals surface area contributed by atoms with Crippen molar-refractivity contribution < 1.29 is 0 Å². The first kappa shape index (κ1) is 48.7. The van der Waals surface area contributed by atoms with Crippen LogP contribution >= 0.6 is 0 Å². The number of aliphatic imine (C=N–C) groups is 1. The lowest BCUT2D eigenvalue weighted by molar-refractivity contribution is 0.689. The molecule has 2 unspecified atom stereocenters. The van der Waals surface area contributed by atoms with Crippen molar-refractivity contribution in [2.24, 2.45) is 4.99 Å². The lowest BCUT2D eigenvalue weighted by Crippen LogP contribution is -2.04. The van der Waals surface area contributed by atoms with Crippen LogP contribution in [0.4, 0.5) is 0 Å². The highest BCUT2D eigenvalue weighted by Crippen LogP contribution is 2.39. The molecule has 0 amide bonds. The van der Waals surface area contributed by atoms with Gasteiger partial charge >= 0.3 is 0 Å². The van der Waals surface area contributed by atoms with Gasteiger partial charge in [0.25, 0.3) is 0 Å². The highest BCUT2D eigenvalue weighted by molar-refractivity contribution is 6.14. The Bertz CT molecular complexity index is 3420. The summed E-state index contributed by atoms with van der Waals surface area (Å²) < 4.78 is 0. The molecule has 0 saturated carbocycles. The second-order valence-corrected chi connectivity index (χ2v) is 20.3. The van der Waals surface area contributed by atoms with E-state index in [9.17, 15) is 0 Å². The Kier molecular flexibility index (Phi) is 15.2. The van der Waals surface area contributed by atoms with Gasteiger partial charge in [-0.3, -0.25) is 0 Å². The van der Waals surface area contributed by atoms with Crippen LogP contribution in [0, 0.1) is 6.92 Å². The Morgan fingerprint density at radius 2 is 1.04 bits per heavy atom. The molecule has 0 spiro atoms. The number of rotatable bonds is 10. The van der Waals surface area contributed by atoms with E-state index in [1.807, 2.05) is 0 Å². The summed E-state index contributed by atoms with van der Waals surface area (Å²) in [6.07, 6.45) is 8.70. The van der Waals surface area contributed by atoms with Gasteiger partial charge in [0.1, 0.15) is 0 Å². The molecular weight excluding hydrogens is 879 g/mol. The normalized spacial score (nSPS) is 17.1. The minimum atomic E-state index is 0.383. The lowest BCUT2D eigenvalue weighted by Gasteiger charge is -2.19. The van der Waals surface area contributed by atoms with E-state index in [1.165, 1.54) is 113 Å². The van der Waals surface area contributed by atoms with Crippen molar-refractivity contribution in [3.63, 3.8) is 0 Å². The van der Waals surface area contributed by atoms with E-state index in [2.05, 4.69) is 265 Å². The number of hydrogen-bond acceptors (Lipinski definition) is 1. The average molecular weight is 946 g/mol. The molecule has 2 atom stereocenters. The van der Waals surface area contributed by atoms with Crippen LogP contribution in [0.5, 0.6) is 0 Å². The number of aryl methyl sites for hydroxylation is 3. The van der Waals surface area contributed by atoms with Crippen molar-refractivity contribution in [3.05, 3.63) is 286 Å². The van der Waals surface area contributed by atoms with E-state index in [-0.39, 0.29) is 0 Å². The molecule has 11 rings (SSSR count). The minimum Gasteiger partial charge on any atom is -0.248 e. The topological polar surface area (TPSA) is 12.4 Å². The Labute approximate surface area is 435 Å². The first-order valence-electron chi connectivity index (χ1n) is 26.6. The highest BCUT2D eigenvalue weighted by atomic mass is 14.8. The molecule has 1 heterocycles. The maximum atomic E-state index is 5.31. The molecular formula is C72H67N. The molecule has 0 aromatic heterocycles. The van der Waals surface area contributed by atoms with Gasteiger partial charge in [0, 0.05) is 11.1 Å². The van der Waals surface area contributed by atoms with Gasteiger partial charge in [0.15, 0.2) is 0 Å². The third-order valence-corrected chi connectivity index (χ3v) is 15.1. The molecule has 0 fully saturated rings. The van der Waals surface area contributed by atoms with Crippen LogP contribution in [0.2, 0.25) is 0 Å². The summed E-state index contributed by atoms with van der Waals surface area (Å²) in [6, 6.07) is 81.9. The molecule has 1 nitrogen and oxygen atoms in total. The van der Waals surface area contributed by atoms with Crippen molar-refractivity contribution in [2.75, 3.05) is 0 Å². The number of hydrogen-bond donors (Lipinski definition) is 0. The van der Waals surface area contributed by atoms with E-state index in [4.69, 9.17) is 4.99 Å². The summed E-state index contributed by atoms with van der Waals surface area (Å²) in [5.41, 5.74) is 27.3. The molecule has 0 radical (unpaired) electrons. The van der Waals surface area contributed by atoms with Gasteiger partial charge in [0.05, 0.1) is 11.4 Å². The molecule has 9 aromatic carbocycles. The summed E-state index contributed by atoms with van der Waals surface area (Å²) in [4.78, 5) is 5.31. The van der Waals surface area contributed by atoms with Gasteiger partial charge in [-0.25, -0.2) is 4.99 Å². The van der Waals surface area contributed by atoms with Crippen LogP contribution in [0.25, 0.3) is 55.8 Å². The quantitative estimate of drug-likeness (QED) is 0.130. The van der Waals surface area contributed by atoms with Crippen LogP contribution < -0.4 is 0 Å². The van der Waals surface area contributed by atoms with Crippen molar-refractivity contribution >= 4 is 17.0 Å². The largest absolute Gasteiger partial charge is 0.248 e. The summed E-state index contributed by atoms with van der Waals surface area (Å²) in [6.45, 7) is 11.4. The van der Waals surface area contributed by atoms with E-state index in [0.29, 0.717) is 11.8 Å². The van der Waals surface area contributed by atoms with E-state index in [1.54, 1.807) is 0 Å². The first-order valence-corrected chi connectivity index (χ1v) is 26.6. The van der Waals surface area contributed by atoms with Gasteiger partial charge in [-0.1, -0.05) is 251 Å². The maximum absolute atomic E-state index is 5.31. The number of fused-ring (bicyclic) bond motifs is 3. The zero-order chi connectivity index (χ0) is 50.1. The summed E-state index contributed by atoms with van der Waals surface area (Å²) in [5, 5.41) is 0. The lowest BCUT2D eigenvalue weighted by atomic mass is 9.85. The van der Waals surface area contributed by atoms with Crippen LogP contribution in [-0.4, -0.2) is 5.71 Å². The molecule has 360 valence electrons. The van der Waals surface area contributed by atoms with Gasteiger partial charge in [-0.2, -0.15) is 0 Å². The predicted octanol–water partition coefficient (Wildman–Crippen LogP) is 19.4. The van der Waals surface area contributed by atoms with Gasteiger partial charge in [0.2, 0.25) is 0 Å². The fourth-order valence-electron chi connectivity index (χ4n) is 11.1. The van der Waals surface area contributed by atoms with Crippen LogP contribution in [0.3, 0.4) is 0 Å². The monoisotopic (exact) mass is 946 g/mol. The molecule has 0 N–H and O–H groups in total. The van der Waals surface area contributed by atoms with E-state index < -0.39 is 0 Å². The number of nitrogens with zero attached hydrogens (tertiary/aromatic N) is 1. The summed E-state index contributed by atoms with van der Waals surface area (Å²) >= 11 is 0. The standard InChI is InChI=1S/C56H51N.C16H16/c1-5-43-16-12-13-22-53(43)54-23-15-14-21-52(54)41(4)36-42-34-39(2)35-51(37-42)47-32-28-45(29-33-47)44-26-30-46(31-27-44)50-25-24-40(3)56(49-19-10-7-11-20-49)57-55(38-50)48-17-8-6-9-18-48;1-12-10-11-13-6-2-3-8-15(13)16-9-5-4-7-14(12)16/h6-23,26-35,37-38,41H,5,24-25,36H2,1-4H3;2-9,12H,10-11H2,1H3/b50-38+,56-40+,57-55-;. The van der Waals surface area contributed by atoms with Crippen LogP contribution in [0.15, 0.2) is 241 Å². The van der Waals surface area contributed by atoms with Gasteiger partial charge < -0.3 is 0 Å². The summed E-state index contributed by atoms with van der Waals surface area (Å²) in [7, 11) is 0. The zero-order valence-corrected chi connectivity index (χ0v) is 43.3. The van der Waals surface area contributed by atoms with Gasteiger partial charge in [-0.15, -0.1) is 0 Å². The smallest absolute Gasteiger partial charge is 0.0712 e. The van der Waals surface area contributed by atoms with Gasteiger partial charge in [-0.05, 0) is 159 Å². The molecule has 0 saturated heterocycles. The third kappa shape index (κ3) is 11.3. The maximum Gasteiger partial charge on any atom is 0.0712 e. The first-order chi connectivity index (χ1) is 35.8. The molecule has 1 aliphatic carbocycles. The molecule has 1 aliphatic heterocycles. The third-order valence-electron chi connectivity index (χ3n) is 15.1. The Morgan fingerprint density at radius 3 is 1.74 bits per heavy atom. The number of allylic oxidation sites excluding steroid dienone is 3. The second-order valence-electron chi connectivity index (χ2n) is 20.3. The Balaban J connectivity index is 0.000000322. The second kappa shape index (κ2) is 22.7. The summed E-state index contributed by atoms with van der Waals surface area (Å²) in [5.74, 6) is 1.05. The zero-order valence-electron chi connectivity index (χ0n) is 43.3. The van der Waals surface area contributed by atoms with Crippen LogP contribution in [-0.2, 0) is 19.3 Å². The molecule has 9 aromatic rings. The average Bonchev–Trinajstić information content (AvgIpc) is 3.58. The van der Waals surface area contributed by atoms with E-state index >= 15 is 0 Å². The molecule has 0 bridgehead atoms. The molecule has 73 heavy (non-hydrogen) atoms. The van der Waals surface area contributed by atoms with Crippen LogP contribution in [0.1, 0.15) is 109 Å². The number of benzene rings is 9. The van der Waals surface area contributed by atoms with Crippen molar-refractivity contribution in [1.82, 2.24) is 0 Å². The molecule has 1 heteroatoms. The molecule has 2 aliphatic rings. The van der Waals surface area contributed by atoms with E-state index in [0.717, 1.165) is 42.7 Å². The van der Waals surface area contributed by atoms with Crippen molar-refractivity contribution in [1.29, 1.82) is 0 Å². The van der Waals surface area contributed by atoms with Crippen molar-refractivity contribution in [2.45, 2.75) is 85.0 Å². The van der Waals surface area contributed by atoms with Crippen molar-refractivity contribution in [3.8, 4) is 44.5 Å². The SMILES string of the molecule is CC1CCc2ccccc2-c2ccccc21.CCc1ccccc1-c1ccccc1C(C)Cc1cc(C)cc(-c2ccc(-c3ccc(/C4=C/C(c5ccccc5)=N/C(c5ccccc5)=C(\C)CC4)cc3)cc2)c1. The Hall–Kier alpha value is -7.87. The Morgan fingerprint density at radius 1 is 0.479 bits per heavy atom. The minimum absolute atomic E-state index is 0.383. The predicted molar refractivity (Wildman–Crippen MR) is 313 cm³/mol. The fraction of sp³-hybridized carbons (Fsp3) is 0.181. The fourth-order valence-corrected chi connectivity index (χ4v) is 11.1.